The van der Waals surface area contributed by atoms with Crippen molar-refractivity contribution < 1.29 is 45.4 Å². The second kappa shape index (κ2) is 24.4. The van der Waals surface area contributed by atoms with Gasteiger partial charge in [0.2, 0.25) is 23.6 Å². The number of hydrogen-bond acceptors (Lipinski definition) is 14. The summed E-state index contributed by atoms with van der Waals surface area (Å²) in [7, 11) is 0. The molecule has 2 aromatic carbocycles. The van der Waals surface area contributed by atoms with E-state index < -0.39 is 23.7 Å². The molecular weight excluding hydrogens is 1110 g/mol. The zero-order chi connectivity index (χ0) is 53.4. The Morgan fingerprint density at radius 2 is 1.01 bits per heavy atom. The molecule has 6 aromatic rings. The molecule has 76 heavy (non-hydrogen) atoms. The number of halogens is 7. The lowest BCUT2D eigenvalue weighted by Gasteiger charge is -2.35. The van der Waals surface area contributed by atoms with Gasteiger partial charge in [-0.25, -0.2) is 0 Å². The number of nitrogens with two attached hydrogens (primary N) is 1. The molecule has 10 rings (SSSR count). The number of amides is 2. The van der Waals surface area contributed by atoms with Gasteiger partial charge in [0, 0.05) is 119 Å². The molecule has 2 aliphatic carbocycles. The lowest BCUT2D eigenvalue weighted by molar-refractivity contribution is -0.142. The third-order valence-electron chi connectivity index (χ3n) is 13.2. The molecule has 2 amide bonds. The summed E-state index contributed by atoms with van der Waals surface area (Å²) in [6, 6.07) is 28.4. The highest BCUT2D eigenvalue weighted by Gasteiger charge is 2.45. The molecule has 4 aliphatic rings. The predicted octanol–water partition coefficient (Wildman–Crippen LogP) is 9.25. The topological polar surface area (TPSA) is 181 Å². The van der Waals surface area contributed by atoms with Gasteiger partial charge >= 0.3 is 12.4 Å². The van der Waals surface area contributed by atoms with Gasteiger partial charge in [0.05, 0.1) is 5.54 Å². The SMILES string of the molecule is C.CC(=O)N1CCN(c2ccc(C3(N)CC3)cc2)CC1.CC(=O)N1CCN(c2ccc(C3(Nc4ccc(OCc5ccc(C(F)(F)F)nc5)nn4)CC3)cc2)CC1.FC(F)(F)c1ccc(COc2ccc(I)nn2)cn1. The van der Waals surface area contributed by atoms with Crippen LogP contribution in [0.2, 0.25) is 0 Å². The van der Waals surface area contributed by atoms with Crippen molar-refractivity contribution in [2.45, 2.75) is 83.6 Å². The normalized spacial score (nSPS) is 16.4. The van der Waals surface area contributed by atoms with E-state index in [2.05, 4.69) is 94.0 Å². The Balaban J connectivity index is 0.000000181. The minimum absolute atomic E-state index is 0. The largest absolute Gasteiger partial charge is 0.472 e. The Morgan fingerprint density at radius 3 is 1.36 bits per heavy atom. The average molecular weight is 1170 g/mol. The maximum absolute atomic E-state index is 12.6. The van der Waals surface area contributed by atoms with Gasteiger partial charge in [0.15, 0.2) is 0 Å². The number of nitrogens with one attached hydrogen (secondary N) is 1. The van der Waals surface area contributed by atoms with Crippen LogP contribution in [0.3, 0.4) is 0 Å². The lowest BCUT2D eigenvalue weighted by Crippen LogP contribution is -2.48. The maximum atomic E-state index is 12.6. The van der Waals surface area contributed by atoms with E-state index in [1.54, 1.807) is 38.1 Å². The van der Waals surface area contributed by atoms with E-state index in [-0.39, 0.29) is 49.4 Å². The third-order valence-corrected chi connectivity index (χ3v) is 13.8. The summed E-state index contributed by atoms with van der Waals surface area (Å²) in [5, 5.41) is 19.3. The summed E-state index contributed by atoms with van der Waals surface area (Å²) in [5.41, 5.74) is 9.91. The second-order valence-corrected chi connectivity index (χ2v) is 19.7. The van der Waals surface area contributed by atoms with Crippen molar-refractivity contribution in [3.05, 3.63) is 147 Å². The molecule has 16 nitrogen and oxygen atoms in total. The Bertz CT molecular complexity index is 2830. The van der Waals surface area contributed by atoms with Gasteiger partial charge in [0.25, 0.3) is 0 Å². The van der Waals surface area contributed by atoms with Crippen LogP contribution < -0.4 is 30.3 Å². The average Bonchev–Trinajstić information content (AvgIpc) is 4.36. The van der Waals surface area contributed by atoms with E-state index in [1.165, 1.54) is 28.9 Å². The molecule has 0 unspecified atom stereocenters. The number of pyridine rings is 2. The molecule has 2 saturated heterocycles. The molecule has 404 valence electrons. The van der Waals surface area contributed by atoms with Gasteiger partial charge in [-0.3, -0.25) is 19.6 Å². The number of aromatic nitrogens is 6. The van der Waals surface area contributed by atoms with E-state index in [0.29, 0.717) is 22.8 Å². The summed E-state index contributed by atoms with van der Waals surface area (Å²) in [6.07, 6.45) is -2.48. The molecule has 0 spiro atoms. The van der Waals surface area contributed by atoms with Gasteiger partial charge < -0.3 is 40.1 Å². The van der Waals surface area contributed by atoms with E-state index in [1.807, 2.05) is 32.4 Å². The Hall–Kier alpha value is -6.89. The fraction of sp³-hybridized carbons (Fsp3) is 0.396. The van der Waals surface area contributed by atoms with E-state index >= 15 is 0 Å². The molecule has 0 atom stereocenters. The number of benzene rings is 2. The first-order chi connectivity index (χ1) is 35.7. The first-order valence-electron chi connectivity index (χ1n) is 24.2. The summed E-state index contributed by atoms with van der Waals surface area (Å²) in [4.78, 5) is 38.0. The van der Waals surface area contributed by atoms with Gasteiger partial charge in [-0.1, -0.05) is 43.8 Å². The summed E-state index contributed by atoms with van der Waals surface area (Å²) >= 11 is 2.00. The van der Waals surface area contributed by atoms with Crippen LogP contribution in [0, 0.1) is 3.70 Å². The van der Waals surface area contributed by atoms with E-state index in [9.17, 15) is 35.9 Å². The smallest absolute Gasteiger partial charge is 0.433 e. The van der Waals surface area contributed by atoms with Gasteiger partial charge in [-0.05, 0) is 108 Å². The molecule has 3 N–H and O–H groups in total. The fourth-order valence-electron chi connectivity index (χ4n) is 8.35. The number of carbonyl (C=O) groups excluding carboxylic acids is 2. The highest BCUT2D eigenvalue weighted by Crippen LogP contribution is 2.48. The van der Waals surface area contributed by atoms with Crippen LogP contribution in [-0.2, 0) is 46.2 Å². The quantitative estimate of drug-likeness (QED) is 0.0874. The van der Waals surface area contributed by atoms with Crippen LogP contribution in [0.25, 0.3) is 0 Å². The molecule has 2 saturated carbocycles. The number of piperazine rings is 2. The number of hydrogen-bond donors (Lipinski definition) is 2. The molecule has 23 heteroatoms. The zero-order valence-electron chi connectivity index (χ0n) is 41.1. The number of carbonyl (C=O) groups is 2. The lowest BCUT2D eigenvalue weighted by atomic mass is 10.0. The zero-order valence-corrected chi connectivity index (χ0v) is 43.3. The van der Waals surface area contributed by atoms with E-state index in [0.717, 1.165) is 112 Å². The third kappa shape index (κ3) is 15.4. The fourth-order valence-corrected chi connectivity index (χ4v) is 8.64. The monoisotopic (exact) mass is 1170 g/mol. The predicted molar refractivity (Wildman–Crippen MR) is 282 cm³/mol. The Labute approximate surface area is 450 Å². The summed E-state index contributed by atoms with van der Waals surface area (Å²) in [6.45, 7) is 9.94. The molecule has 2 aliphatic heterocycles. The van der Waals surface area contributed by atoms with Crippen LogP contribution in [-0.4, -0.2) is 104 Å². The van der Waals surface area contributed by atoms with Crippen molar-refractivity contribution >= 4 is 51.6 Å². The standard InChI is InChI=1S/C26H27F3N6O2.C15H21N3O.C11H7F3IN3O.CH4/c1-18(36)34-12-14-35(15-13-34)21-5-3-20(4-6-21)25(10-11-25)31-23-8-9-24(33-32-23)37-17-19-2-7-22(30-16-19)26(27,28)29;1-12(19)17-8-10-18(11-9-17)14-4-2-13(3-5-14)15(16)6-7-15;12-11(13,14)8-2-1-7(5-16-8)6-19-10-4-3-9(15)17-18-10;/h2-9,16H,10-15,17H2,1H3,(H,31,32);2-5H,6-11,16H2,1H3;1-5H,6H2;1H4. The molecule has 6 heterocycles. The van der Waals surface area contributed by atoms with Crippen LogP contribution in [0.4, 0.5) is 43.5 Å². The number of rotatable bonds is 12. The maximum Gasteiger partial charge on any atom is 0.433 e. The van der Waals surface area contributed by atoms with Crippen LogP contribution in [0.1, 0.15) is 80.6 Å². The number of anilines is 3. The highest BCUT2D eigenvalue weighted by atomic mass is 127. The molecule has 4 fully saturated rings. The van der Waals surface area contributed by atoms with Crippen molar-refractivity contribution in [2.75, 3.05) is 67.5 Å². The molecular formula is C53H59F6IN12O4. The number of ether oxygens (including phenoxy) is 2. The molecule has 4 aromatic heterocycles. The minimum Gasteiger partial charge on any atom is -0.472 e. The van der Waals surface area contributed by atoms with Crippen molar-refractivity contribution in [3.63, 3.8) is 0 Å². The van der Waals surface area contributed by atoms with E-state index in [4.69, 9.17) is 15.2 Å². The van der Waals surface area contributed by atoms with Crippen molar-refractivity contribution in [1.29, 1.82) is 0 Å². The second-order valence-electron chi connectivity index (χ2n) is 18.6. The minimum atomic E-state index is -4.47. The van der Waals surface area contributed by atoms with Crippen molar-refractivity contribution in [2.24, 2.45) is 5.73 Å². The van der Waals surface area contributed by atoms with Gasteiger partial charge in [0.1, 0.15) is 34.1 Å². The van der Waals surface area contributed by atoms with Crippen molar-refractivity contribution in [1.82, 2.24) is 40.2 Å². The molecule has 0 bridgehead atoms. The first kappa shape index (κ1) is 56.8. The Morgan fingerprint density at radius 1 is 0.579 bits per heavy atom. The number of alkyl halides is 6. The first-order valence-corrected chi connectivity index (χ1v) is 25.3. The summed E-state index contributed by atoms with van der Waals surface area (Å²) < 4.78 is 86.3. The van der Waals surface area contributed by atoms with Crippen molar-refractivity contribution in [3.8, 4) is 11.8 Å². The number of nitrogens with zero attached hydrogens (tertiary/aromatic N) is 10. The van der Waals surface area contributed by atoms with Crippen LogP contribution in [0.15, 0.2) is 109 Å². The highest BCUT2D eigenvalue weighted by molar-refractivity contribution is 14.1. The van der Waals surface area contributed by atoms with Gasteiger partial charge in [-0.2, -0.15) is 26.3 Å². The van der Waals surface area contributed by atoms with Crippen LogP contribution in [0.5, 0.6) is 11.8 Å². The summed E-state index contributed by atoms with van der Waals surface area (Å²) in [5.74, 6) is 1.49. The van der Waals surface area contributed by atoms with Crippen LogP contribution >= 0.6 is 22.6 Å². The molecule has 0 radical (unpaired) electrons. The Kier molecular flexibility index (Phi) is 18.2. The van der Waals surface area contributed by atoms with Gasteiger partial charge in [-0.15, -0.1) is 20.4 Å².